The molecule has 0 amide bonds. The van der Waals surface area contributed by atoms with E-state index in [1.165, 1.54) is 12.5 Å². The summed E-state index contributed by atoms with van der Waals surface area (Å²) < 4.78 is 4.77. The summed E-state index contributed by atoms with van der Waals surface area (Å²) >= 11 is 0. The zero-order valence-electron chi connectivity index (χ0n) is 8.66. The zero-order chi connectivity index (χ0) is 10.8. The Morgan fingerprint density at radius 3 is 2.43 bits per heavy atom. The SMILES string of the molecule is CC(C)(C)C(=O)CC(=O)c1ccoc1. The molecule has 76 valence electrons. The quantitative estimate of drug-likeness (QED) is 0.548. The average Bonchev–Trinajstić information content (AvgIpc) is 2.53. The molecule has 0 atom stereocenters. The highest BCUT2D eigenvalue weighted by Crippen LogP contribution is 2.18. The molecular weight excluding hydrogens is 180 g/mol. The summed E-state index contributed by atoms with van der Waals surface area (Å²) in [7, 11) is 0. The number of rotatable bonds is 3. The number of hydrogen-bond acceptors (Lipinski definition) is 3. The van der Waals surface area contributed by atoms with Crippen LogP contribution in [0.25, 0.3) is 0 Å². The van der Waals surface area contributed by atoms with E-state index in [9.17, 15) is 9.59 Å². The molecule has 1 aromatic rings. The lowest BCUT2D eigenvalue weighted by Crippen LogP contribution is -2.22. The summed E-state index contributed by atoms with van der Waals surface area (Å²) in [5.74, 6) is -0.234. The van der Waals surface area contributed by atoms with Gasteiger partial charge in [-0.3, -0.25) is 9.59 Å². The highest BCUT2D eigenvalue weighted by Gasteiger charge is 2.24. The Hall–Kier alpha value is -1.38. The van der Waals surface area contributed by atoms with Gasteiger partial charge in [-0.15, -0.1) is 0 Å². The molecule has 0 bridgehead atoms. The van der Waals surface area contributed by atoms with E-state index in [0.29, 0.717) is 5.56 Å². The molecule has 0 spiro atoms. The fourth-order valence-corrected chi connectivity index (χ4v) is 0.936. The van der Waals surface area contributed by atoms with Crippen molar-refractivity contribution in [3.63, 3.8) is 0 Å². The van der Waals surface area contributed by atoms with Crippen LogP contribution in [0.1, 0.15) is 37.6 Å². The summed E-state index contributed by atoms with van der Waals surface area (Å²) in [5.41, 5.74) is 0.00181. The number of furan rings is 1. The van der Waals surface area contributed by atoms with Gasteiger partial charge in [0.25, 0.3) is 0 Å². The fraction of sp³-hybridized carbons (Fsp3) is 0.455. The average molecular weight is 194 g/mol. The zero-order valence-corrected chi connectivity index (χ0v) is 8.66. The number of ketones is 2. The van der Waals surface area contributed by atoms with E-state index in [1.807, 2.05) is 0 Å². The van der Waals surface area contributed by atoms with Gasteiger partial charge >= 0.3 is 0 Å². The molecular formula is C11H14O3. The topological polar surface area (TPSA) is 47.3 Å². The van der Waals surface area contributed by atoms with Crippen molar-refractivity contribution in [2.24, 2.45) is 5.41 Å². The molecule has 14 heavy (non-hydrogen) atoms. The molecule has 0 aromatic carbocycles. The molecule has 0 radical (unpaired) electrons. The molecule has 0 saturated carbocycles. The summed E-state index contributed by atoms with van der Waals surface area (Å²) in [6, 6.07) is 1.57. The minimum Gasteiger partial charge on any atom is -0.472 e. The van der Waals surface area contributed by atoms with Crippen LogP contribution in [0.2, 0.25) is 0 Å². The van der Waals surface area contributed by atoms with Crippen molar-refractivity contribution >= 4 is 11.6 Å². The smallest absolute Gasteiger partial charge is 0.173 e. The fourth-order valence-electron chi connectivity index (χ4n) is 0.936. The predicted octanol–water partition coefficient (Wildman–Crippen LogP) is 2.47. The standard InChI is InChI=1S/C11H14O3/c1-11(2,3)10(13)6-9(12)8-4-5-14-7-8/h4-5,7H,6H2,1-3H3. The van der Waals surface area contributed by atoms with Crippen molar-refractivity contribution in [2.45, 2.75) is 27.2 Å². The third kappa shape index (κ3) is 2.55. The largest absolute Gasteiger partial charge is 0.472 e. The first kappa shape index (κ1) is 10.7. The van der Waals surface area contributed by atoms with Crippen LogP contribution < -0.4 is 0 Å². The van der Waals surface area contributed by atoms with Gasteiger partial charge in [0.15, 0.2) is 5.78 Å². The number of carbonyl (C=O) groups is 2. The summed E-state index contributed by atoms with van der Waals surface area (Å²) in [4.78, 5) is 23.0. The van der Waals surface area contributed by atoms with Crippen molar-refractivity contribution in [3.8, 4) is 0 Å². The van der Waals surface area contributed by atoms with Crippen LogP contribution in [-0.4, -0.2) is 11.6 Å². The second-order valence-electron chi connectivity index (χ2n) is 4.29. The van der Waals surface area contributed by atoms with Crippen LogP contribution in [0, 0.1) is 5.41 Å². The van der Waals surface area contributed by atoms with E-state index >= 15 is 0 Å². The van der Waals surface area contributed by atoms with E-state index in [1.54, 1.807) is 26.8 Å². The second-order valence-corrected chi connectivity index (χ2v) is 4.29. The van der Waals surface area contributed by atoms with Crippen LogP contribution in [0.3, 0.4) is 0 Å². The molecule has 0 N–H and O–H groups in total. The van der Waals surface area contributed by atoms with Crippen LogP contribution in [-0.2, 0) is 4.79 Å². The maximum absolute atomic E-state index is 11.5. The third-order valence-corrected chi connectivity index (χ3v) is 2.00. The molecule has 0 saturated heterocycles. The van der Waals surface area contributed by atoms with Crippen molar-refractivity contribution in [1.29, 1.82) is 0 Å². The lowest BCUT2D eigenvalue weighted by atomic mass is 9.87. The molecule has 3 nitrogen and oxygen atoms in total. The van der Waals surface area contributed by atoms with E-state index in [4.69, 9.17) is 4.42 Å². The Morgan fingerprint density at radius 1 is 1.36 bits per heavy atom. The number of Topliss-reactive ketones (excluding diaryl/α,β-unsaturated/α-hetero) is 2. The van der Waals surface area contributed by atoms with Gasteiger partial charge in [0.1, 0.15) is 12.0 Å². The summed E-state index contributed by atoms with van der Waals surface area (Å²) in [6.07, 6.45) is 2.73. The summed E-state index contributed by atoms with van der Waals surface area (Å²) in [5, 5.41) is 0. The molecule has 3 heteroatoms. The molecule has 1 aromatic heterocycles. The molecule has 0 aliphatic heterocycles. The Balaban J connectivity index is 2.63. The lowest BCUT2D eigenvalue weighted by Gasteiger charge is -2.15. The highest BCUT2D eigenvalue weighted by atomic mass is 16.3. The number of hydrogen-bond donors (Lipinski definition) is 0. The molecule has 1 rings (SSSR count). The Labute approximate surface area is 83.1 Å². The summed E-state index contributed by atoms with van der Waals surface area (Å²) in [6.45, 7) is 5.41. The Morgan fingerprint density at radius 2 is 2.00 bits per heavy atom. The molecule has 0 aliphatic carbocycles. The predicted molar refractivity (Wildman–Crippen MR) is 52.1 cm³/mol. The van der Waals surface area contributed by atoms with Gasteiger partial charge in [0, 0.05) is 5.41 Å². The minimum atomic E-state index is -0.459. The monoisotopic (exact) mass is 194 g/mol. The highest BCUT2D eigenvalue weighted by molar-refractivity contribution is 6.09. The first-order valence-electron chi connectivity index (χ1n) is 4.50. The van der Waals surface area contributed by atoms with Gasteiger partial charge in [-0.05, 0) is 6.07 Å². The first-order valence-corrected chi connectivity index (χ1v) is 4.50. The Kier molecular flexibility index (Phi) is 2.89. The molecule has 0 aliphatic rings. The molecule has 1 heterocycles. The van der Waals surface area contributed by atoms with Gasteiger partial charge < -0.3 is 4.42 Å². The van der Waals surface area contributed by atoms with Crippen LogP contribution in [0.15, 0.2) is 23.0 Å². The van der Waals surface area contributed by atoms with Gasteiger partial charge in [0.2, 0.25) is 0 Å². The maximum atomic E-state index is 11.5. The van der Waals surface area contributed by atoms with Crippen LogP contribution >= 0.6 is 0 Å². The van der Waals surface area contributed by atoms with Gasteiger partial charge in [0.05, 0.1) is 18.2 Å². The van der Waals surface area contributed by atoms with E-state index in [0.717, 1.165) is 0 Å². The normalized spacial score (nSPS) is 11.4. The third-order valence-electron chi connectivity index (χ3n) is 2.00. The van der Waals surface area contributed by atoms with Gasteiger partial charge in [-0.2, -0.15) is 0 Å². The van der Waals surface area contributed by atoms with Crippen molar-refractivity contribution < 1.29 is 14.0 Å². The maximum Gasteiger partial charge on any atom is 0.173 e. The molecule has 0 unspecified atom stereocenters. The minimum absolute atomic E-state index is 0.0521. The number of carbonyl (C=O) groups excluding carboxylic acids is 2. The van der Waals surface area contributed by atoms with Crippen molar-refractivity contribution in [2.75, 3.05) is 0 Å². The van der Waals surface area contributed by atoms with E-state index in [2.05, 4.69) is 0 Å². The van der Waals surface area contributed by atoms with Gasteiger partial charge in [-0.1, -0.05) is 20.8 Å². The van der Waals surface area contributed by atoms with Crippen molar-refractivity contribution in [1.82, 2.24) is 0 Å². The lowest BCUT2D eigenvalue weighted by molar-refractivity contribution is -0.125. The van der Waals surface area contributed by atoms with Gasteiger partial charge in [-0.25, -0.2) is 0 Å². The van der Waals surface area contributed by atoms with E-state index in [-0.39, 0.29) is 18.0 Å². The Bertz CT molecular complexity index is 328. The molecule has 0 fully saturated rings. The van der Waals surface area contributed by atoms with Crippen LogP contribution in [0.5, 0.6) is 0 Å². The first-order chi connectivity index (χ1) is 6.41. The van der Waals surface area contributed by atoms with Crippen molar-refractivity contribution in [3.05, 3.63) is 24.2 Å². The van der Waals surface area contributed by atoms with Crippen LogP contribution in [0.4, 0.5) is 0 Å². The van der Waals surface area contributed by atoms with E-state index < -0.39 is 5.41 Å². The second kappa shape index (κ2) is 3.78.